The summed E-state index contributed by atoms with van der Waals surface area (Å²) < 4.78 is 19.0. The zero-order valence-electron chi connectivity index (χ0n) is 11.3. The maximum Gasteiger partial charge on any atom is 0.142 e. The van der Waals surface area contributed by atoms with Crippen molar-refractivity contribution in [2.24, 2.45) is 0 Å². The topological polar surface area (TPSA) is 29.5 Å². The van der Waals surface area contributed by atoms with Crippen LogP contribution in [0.25, 0.3) is 0 Å². The minimum Gasteiger partial charge on any atom is -0.491 e. The number of halogens is 2. The van der Waals surface area contributed by atoms with Gasteiger partial charge in [0.1, 0.15) is 17.7 Å². The van der Waals surface area contributed by atoms with Crippen molar-refractivity contribution in [2.45, 2.75) is 26.1 Å². The summed E-state index contributed by atoms with van der Waals surface area (Å²) in [6, 6.07) is 11.4. The van der Waals surface area contributed by atoms with Crippen LogP contribution < -0.4 is 4.74 Å². The molecule has 0 saturated heterocycles. The normalized spacial score (nSPS) is 12.5. The fourth-order valence-corrected chi connectivity index (χ4v) is 2.02. The third kappa shape index (κ3) is 3.50. The van der Waals surface area contributed by atoms with Gasteiger partial charge < -0.3 is 9.84 Å². The number of aliphatic hydroxyl groups is 1. The van der Waals surface area contributed by atoms with Crippen molar-refractivity contribution in [3.63, 3.8) is 0 Å². The van der Waals surface area contributed by atoms with Gasteiger partial charge in [0, 0.05) is 0 Å². The summed E-state index contributed by atoms with van der Waals surface area (Å²) in [6.45, 7) is 3.86. The number of aliphatic hydroxyl groups excluding tert-OH is 1. The lowest BCUT2D eigenvalue weighted by molar-refractivity contribution is 0.216. The number of ether oxygens (including phenoxy) is 1. The molecule has 0 spiro atoms. The molecule has 0 fully saturated rings. The van der Waals surface area contributed by atoms with Crippen molar-refractivity contribution < 1.29 is 14.2 Å². The number of hydrogen-bond donors (Lipinski definition) is 1. The number of rotatable bonds is 4. The van der Waals surface area contributed by atoms with E-state index in [-0.39, 0.29) is 11.1 Å². The molecule has 1 N–H and O–H groups in total. The molecule has 4 heteroatoms. The van der Waals surface area contributed by atoms with E-state index in [2.05, 4.69) is 0 Å². The van der Waals surface area contributed by atoms with Gasteiger partial charge in [-0.25, -0.2) is 4.39 Å². The van der Waals surface area contributed by atoms with E-state index in [4.69, 9.17) is 16.3 Å². The van der Waals surface area contributed by atoms with Crippen LogP contribution in [0.4, 0.5) is 4.39 Å². The zero-order valence-corrected chi connectivity index (χ0v) is 12.1. The van der Waals surface area contributed by atoms with Gasteiger partial charge >= 0.3 is 0 Å². The van der Waals surface area contributed by atoms with Crippen molar-refractivity contribution in [3.8, 4) is 5.75 Å². The summed E-state index contributed by atoms with van der Waals surface area (Å²) in [5, 5.41) is 10.3. The Labute approximate surface area is 122 Å². The molecule has 0 aliphatic carbocycles. The van der Waals surface area contributed by atoms with Crippen molar-refractivity contribution in [2.75, 3.05) is 0 Å². The number of hydrogen-bond acceptors (Lipinski definition) is 2. The second-order valence-corrected chi connectivity index (χ2v) is 5.22. The largest absolute Gasteiger partial charge is 0.491 e. The standard InChI is InChI=1S/C16H16ClFO2/c1-10(2)20-13-5-3-4-11(8-13)16(19)12-6-7-14(17)15(18)9-12/h3-10,16,19H,1-2H3. The van der Waals surface area contributed by atoms with Crippen LogP contribution in [0.5, 0.6) is 5.75 Å². The first kappa shape index (κ1) is 14.8. The van der Waals surface area contributed by atoms with Crippen molar-refractivity contribution in [1.82, 2.24) is 0 Å². The number of benzene rings is 2. The van der Waals surface area contributed by atoms with E-state index in [0.717, 1.165) is 0 Å². The molecule has 0 saturated carbocycles. The Morgan fingerprint density at radius 3 is 2.45 bits per heavy atom. The Balaban J connectivity index is 2.28. The minimum absolute atomic E-state index is 0.0397. The van der Waals surface area contributed by atoms with Crippen molar-refractivity contribution in [1.29, 1.82) is 0 Å². The maximum absolute atomic E-state index is 13.4. The first-order valence-electron chi connectivity index (χ1n) is 6.37. The summed E-state index contributed by atoms with van der Waals surface area (Å²) in [6.07, 6.45) is -0.868. The predicted molar refractivity (Wildman–Crippen MR) is 77.7 cm³/mol. The highest BCUT2D eigenvalue weighted by atomic mass is 35.5. The van der Waals surface area contributed by atoms with E-state index in [1.54, 1.807) is 24.3 Å². The maximum atomic E-state index is 13.4. The van der Waals surface area contributed by atoms with Gasteiger partial charge in [0.25, 0.3) is 0 Å². The lowest BCUT2D eigenvalue weighted by atomic mass is 10.0. The first-order valence-corrected chi connectivity index (χ1v) is 6.75. The van der Waals surface area contributed by atoms with Gasteiger partial charge in [-0.15, -0.1) is 0 Å². The van der Waals surface area contributed by atoms with Gasteiger partial charge in [0.05, 0.1) is 11.1 Å². The third-order valence-electron chi connectivity index (χ3n) is 2.81. The molecule has 0 aromatic heterocycles. The average Bonchev–Trinajstić information content (AvgIpc) is 2.40. The summed E-state index contributed by atoms with van der Waals surface area (Å²) in [7, 11) is 0. The molecule has 2 aromatic carbocycles. The highest BCUT2D eigenvalue weighted by molar-refractivity contribution is 6.30. The van der Waals surface area contributed by atoms with Gasteiger partial charge in [0.2, 0.25) is 0 Å². The molecular formula is C16H16ClFO2. The van der Waals surface area contributed by atoms with Gasteiger partial charge in [-0.1, -0.05) is 29.8 Å². The minimum atomic E-state index is -0.919. The highest BCUT2D eigenvalue weighted by Crippen LogP contribution is 2.27. The third-order valence-corrected chi connectivity index (χ3v) is 3.11. The highest BCUT2D eigenvalue weighted by Gasteiger charge is 2.13. The summed E-state index contributed by atoms with van der Waals surface area (Å²) in [4.78, 5) is 0. The fraction of sp³-hybridized carbons (Fsp3) is 0.250. The smallest absolute Gasteiger partial charge is 0.142 e. The van der Waals surface area contributed by atoms with Crippen LogP contribution in [-0.4, -0.2) is 11.2 Å². The molecule has 20 heavy (non-hydrogen) atoms. The summed E-state index contributed by atoms with van der Waals surface area (Å²) >= 11 is 5.64. The Bertz CT molecular complexity index is 599. The average molecular weight is 295 g/mol. The molecule has 0 aliphatic heterocycles. The summed E-state index contributed by atoms with van der Waals surface area (Å²) in [5.41, 5.74) is 1.10. The van der Waals surface area contributed by atoms with E-state index in [9.17, 15) is 9.50 Å². The zero-order chi connectivity index (χ0) is 14.7. The van der Waals surface area contributed by atoms with Crippen LogP contribution in [0, 0.1) is 5.82 Å². The molecule has 1 atom stereocenters. The van der Waals surface area contributed by atoms with Crippen LogP contribution in [0.3, 0.4) is 0 Å². The van der Waals surface area contributed by atoms with E-state index in [1.165, 1.54) is 12.1 Å². The monoisotopic (exact) mass is 294 g/mol. The molecule has 0 heterocycles. The quantitative estimate of drug-likeness (QED) is 0.908. The molecule has 2 aromatic rings. The molecular weight excluding hydrogens is 279 g/mol. The Morgan fingerprint density at radius 2 is 1.80 bits per heavy atom. The Kier molecular flexibility index (Phi) is 4.63. The van der Waals surface area contributed by atoms with Crippen LogP contribution in [-0.2, 0) is 0 Å². The second-order valence-electron chi connectivity index (χ2n) is 4.82. The van der Waals surface area contributed by atoms with E-state index >= 15 is 0 Å². The summed E-state index contributed by atoms with van der Waals surface area (Å²) in [5.74, 6) is 0.129. The molecule has 2 nitrogen and oxygen atoms in total. The molecule has 0 amide bonds. The molecule has 0 radical (unpaired) electrons. The van der Waals surface area contributed by atoms with Gasteiger partial charge in [-0.05, 0) is 49.2 Å². The van der Waals surface area contributed by atoms with Crippen LogP contribution in [0.2, 0.25) is 5.02 Å². The van der Waals surface area contributed by atoms with Crippen LogP contribution in [0.1, 0.15) is 31.1 Å². The predicted octanol–water partition coefficient (Wildman–Crippen LogP) is 4.35. The van der Waals surface area contributed by atoms with Crippen LogP contribution in [0.15, 0.2) is 42.5 Å². The van der Waals surface area contributed by atoms with E-state index in [1.807, 2.05) is 19.9 Å². The molecule has 1 unspecified atom stereocenters. The molecule has 106 valence electrons. The van der Waals surface area contributed by atoms with E-state index in [0.29, 0.717) is 16.9 Å². The molecule has 0 bridgehead atoms. The SMILES string of the molecule is CC(C)Oc1cccc(C(O)c2ccc(Cl)c(F)c2)c1. The Hall–Kier alpha value is -1.58. The van der Waals surface area contributed by atoms with Crippen molar-refractivity contribution in [3.05, 3.63) is 64.4 Å². The van der Waals surface area contributed by atoms with Crippen molar-refractivity contribution >= 4 is 11.6 Å². The van der Waals surface area contributed by atoms with Gasteiger partial charge in [-0.3, -0.25) is 0 Å². The van der Waals surface area contributed by atoms with Crippen LogP contribution >= 0.6 is 11.6 Å². The lowest BCUT2D eigenvalue weighted by Gasteiger charge is -2.15. The Morgan fingerprint density at radius 1 is 1.10 bits per heavy atom. The van der Waals surface area contributed by atoms with Gasteiger partial charge in [0.15, 0.2) is 0 Å². The molecule has 0 aliphatic rings. The lowest BCUT2D eigenvalue weighted by Crippen LogP contribution is -2.06. The molecule has 2 rings (SSSR count). The van der Waals surface area contributed by atoms with E-state index < -0.39 is 11.9 Å². The fourth-order valence-electron chi connectivity index (χ4n) is 1.91. The van der Waals surface area contributed by atoms with Gasteiger partial charge in [-0.2, -0.15) is 0 Å². The second kappa shape index (κ2) is 6.25. The first-order chi connectivity index (χ1) is 9.47.